The van der Waals surface area contributed by atoms with Gasteiger partial charge in [0.1, 0.15) is 30.5 Å². The number of amides is 2. The van der Waals surface area contributed by atoms with Crippen LogP contribution >= 0.6 is 23.4 Å². The number of thioether (sulfide) groups is 1. The van der Waals surface area contributed by atoms with Crippen molar-refractivity contribution in [1.82, 2.24) is 5.32 Å². The Kier molecular flexibility index (Phi) is 6.26. The third kappa shape index (κ3) is 5.18. The van der Waals surface area contributed by atoms with Gasteiger partial charge in [-0.1, -0.05) is 11.6 Å². The number of imide groups is 1. The average molecular weight is 406 g/mol. The minimum atomic E-state index is -0.432. The molecule has 2 amide bonds. The molecule has 140 valence electrons. The molecular formula is C19H16ClNO5S. The van der Waals surface area contributed by atoms with E-state index < -0.39 is 11.1 Å². The van der Waals surface area contributed by atoms with Gasteiger partial charge in [0.05, 0.1) is 12.0 Å². The van der Waals surface area contributed by atoms with E-state index in [0.717, 1.165) is 17.5 Å². The van der Waals surface area contributed by atoms with Gasteiger partial charge in [-0.05, 0) is 60.3 Å². The number of hydrogen-bond donors (Lipinski definition) is 1. The van der Waals surface area contributed by atoms with E-state index in [1.165, 1.54) is 0 Å². The number of halogens is 1. The molecule has 2 aromatic rings. The van der Waals surface area contributed by atoms with Gasteiger partial charge in [-0.3, -0.25) is 14.9 Å². The van der Waals surface area contributed by atoms with Crippen LogP contribution in [0.1, 0.15) is 5.56 Å². The molecule has 1 aliphatic heterocycles. The van der Waals surface area contributed by atoms with Crippen LogP contribution < -0.4 is 19.5 Å². The van der Waals surface area contributed by atoms with Crippen molar-refractivity contribution in [2.45, 2.75) is 0 Å². The molecule has 1 fully saturated rings. The van der Waals surface area contributed by atoms with Crippen molar-refractivity contribution in [2.75, 3.05) is 20.3 Å². The molecule has 1 saturated heterocycles. The van der Waals surface area contributed by atoms with Gasteiger partial charge < -0.3 is 14.2 Å². The number of benzene rings is 2. The first-order valence-corrected chi connectivity index (χ1v) is 9.18. The summed E-state index contributed by atoms with van der Waals surface area (Å²) in [5.41, 5.74) is 0.610. The van der Waals surface area contributed by atoms with Crippen LogP contribution in [0.3, 0.4) is 0 Å². The average Bonchev–Trinajstić information content (AvgIpc) is 2.97. The van der Waals surface area contributed by atoms with Crippen LogP contribution in [0.15, 0.2) is 47.4 Å². The summed E-state index contributed by atoms with van der Waals surface area (Å²) in [6.07, 6.45) is 1.58. The summed E-state index contributed by atoms with van der Waals surface area (Å²) < 4.78 is 16.5. The first-order chi connectivity index (χ1) is 13.0. The summed E-state index contributed by atoms with van der Waals surface area (Å²) in [6.45, 7) is 0.626. The van der Waals surface area contributed by atoms with Crippen LogP contribution in [0.5, 0.6) is 17.2 Å². The Labute approximate surface area is 165 Å². The van der Waals surface area contributed by atoms with Crippen molar-refractivity contribution in [3.8, 4) is 17.2 Å². The highest BCUT2D eigenvalue weighted by Crippen LogP contribution is 2.30. The van der Waals surface area contributed by atoms with Gasteiger partial charge in [-0.2, -0.15) is 0 Å². The van der Waals surface area contributed by atoms with Crippen molar-refractivity contribution >= 4 is 40.6 Å². The Bertz CT molecular complexity index is 882. The number of hydrogen-bond acceptors (Lipinski definition) is 6. The summed E-state index contributed by atoms with van der Waals surface area (Å²) in [7, 11) is 1.60. The highest BCUT2D eigenvalue weighted by molar-refractivity contribution is 8.18. The van der Waals surface area contributed by atoms with E-state index in [1.807, 2.05) is 24.3 Å². The van der Waals surface area contributed by atoms with Crippen molar-refractivity contribution in [3.05, 3.63) is 58.0 Å². The van der Waals surface area contributed by atoms with E-state index in [-0.39, 0.29) is 0 Å². The van der Waals surface area contributed by atoms with Gasteiger partial charge in [-0.25, -0.2) is 0 Å². The van der Waals surface area contributed by atoms with Crippen LogP contribution in [0.4, 0.5) is 4.79 Å². The van der Waals surface area contributed by atoms with Gasteiger partial charge in [0.2, 0.25) is 0 Å². The number of carbonyl (C=O) groups excluding carboxylic acids is 2. The Morgan fingerprint density at radius 3 is 2.41 bits per heavy atom. The van der Waals surface area contributed by atoms with Crippen LogP contribution in [0, 0.1) is 0 Å². The zero-order chi connectivity index (χ0) is 19.2. The second-order valence-electron chi connectivity index (χ2n) is 5.41. The van der Waals surface area contributed by atoms with Gasteiger partial charge in [0.15, 0.2) is 0 Å². The lowest BCUT2D eigenvalue weighted by atomic mass is 10.2. The summed E-state index contributed by atoms with van der Waals surface area (Å²) in [4.78, 5) is 23.3. The number of methoxy groups -OCH3 is 1. The van der Waals surface area contributed by atoms with Crippen molar-refractivity contribution in [3.63, 3.8) is 0 Å². The van der Waals surface area contributed by atoms with Crippen molar-refractivity contribution in [1.29, 1.82) is 0 Å². The number of ether oxygens (including phenoxy) is 3. The molecule has 0 radical (unpaired) electrons. The number of nitrogens with one attached hydrogen (secondary N) is 1. The molecule has 2 aromatic carbocycles. The highest BCUT2D eigenvalue weighted by atomic mass is 35.5. The van der Waals surface area contributed by atoms with Crippen LogP contribution in [-0.2, 0) is 4.79 Å². The molecule has 8 heteroatoms. The second kappa shape index (κ2) is 8.83. The fraction of sp³-hybridized carbons (Fsp3) is 0.158. The molecule has 1 heterocycles. The fourth-order valence-electron chi connectivity index (χ4n) is 2.31. The summed E-state index contributed by atoms with van der Waals surface area (Å²) >= 11 is 6.88. The van der Waals surface area contributed by atoms with E-state index in [4.69, 9.17) is 25.8 Å². The maximum Gasteiger partial charge on any atom is 0.290 e. The third-order valence-corrected chi connectivity index (χ3v) is 4.62. The van der Waals surface area contributed by atoms with Crippen molar-refractivity contribution < 1.29 is 23.8 Å². The molecular weight excluding hydrogens is 390 g/mol. The minimum Gasteiger partial charge on any atom is -0.497 e. The second-order valence-corrected chi connectivity index (χ2v) is 6.86. The molecule has 0 spiro atoms. The third-order valence-electron chi connectivity index (χ3n) is 3.57. The fourth-order valence-corrected chi connectivity index (χ4v) is 3.16. The molecule has 1 aliphatic rings. The van der Waals surface area contributed by atoms with Gasteiger partial charge >= 0.3 is 0 Å². The Hall–Kier alpha value is -2.64. The maximum absolute atomic E-state index is 11.7. The van der Waals surface area contributed by atoms with Gasteiger partial charge in [0.25, 0.3) is 11.1 Å². The normalized spacial score (nSPS) is 15.0. The first-order valence-electron chi connectivity index (χ1n) is 7.99. The molecule has 1 N–H and O–H groups in total. The van der Waals surface area contributed by atoms with Gasteiger partial charge in [0, 0.05) is 10.6 Å². The van der Waals surface area contributed by atoms with E-state index in [2.05, 4.69) is 5.32 Å². The first kappa shape index (κ1) is 19.1. The lowest BCUT2D eigenvalue weighted by Gasteiger charge is -2.11. The van der Waals surface area contributed by atoms with E-state index in [0.29, 0.717) is 40.2 Å². The smallest absolute Gasteiger partial charge is 0.290 e. The monoisotopic (exact) mass is 405 g/mol. The molecule has 0 bridgehead atoms. The van der Waals surface area contributed by atoms with Crippen LogP contribution in [-0.4, -0.2) is 31.5 Å². The summed E-state index contributed by atoms with van der Waals surface area (Å²) in [6, 6.07) is 12.3. The Balaban J connectivity index is 1.62. The topological polar surface area (TPSA) is 73.9 Å². The lowest BCUT2D eigenvalue weighted by Crippen LogP contribution is -2.17. The zero-order valence-electron chi connectivity index (χ0n) is 14.4. The lowest BCUT2D eigenvalue weighted by molar-refractivity contribution is -0.115. The van der Waals surface area contributed by atoms with Crippen molar-refractivity contribution in [2.24, 2.45) is 0 Å². The molecule has 27 heavy (non-hydrogen) atoms. The maximum atomic E-state index is 11.7. The zero-order valence-corrected chi connectivity index (χ0v) is 15.9. The molecule has 6 nitrogen and oxygen atoms in total. The van der Waals surface area contributed by atoms with Crippen LogP contribution in [0.25, 0.3) is 6.08 Å². The summed E-state index contributed by atoms with van der Waals surface area (Å²) in [5, 5.41) is 2.31. The van der Waals surface area contributed by atoms with Gasteiger partial charge in [-0.15, -0.1) is 0 Å². The SMILES string of the molecule is COc1ccc(OCCOc2ccc(Cl)cc2/C=C2/SC(=O)NC2=O)cc1. The highest BCUT2D eigenvalue weighted by Gasteiger charge is 2.25. The Morgan fingerprint density at radius 2 is 1.74 bits per heavy atom. The number of rotatable bonds is 7. The quantitative estimate of drug-likeness (QED) is 0.551. The minimum absolute atomic E-state index is 0.293. The molecule has 0 aromatic heterocycles. The molecule has 3 rings (SSSR count). The van der Waals surface area contributed by atoms with E-state index in [9.17, 15) is 9.59 Å². The van der Waals surface area contributed by atoms with E-state index in [1.54, 1.807) is 31.4 Å². The standard InChI is InChI=1S/C19H16ClNO5S/c1-24-14-3-5-15(6-4-14)25-8-9-26-16-7-2-13(20)10-12(16)11-17-18(22)21-19(23)27-17/h2-7,10-11H,8-9H2,1H3,(H,21,22,23)/b17-11+. The van der Waals surface area contributed by atoms with E-state index >= 15 is 0 Å². The summed E-state index contributed by atoms with van der Waals surface area (Å²) in [5.74, 6) is 1.57. The predicted octanol–water partition coefficient (Wildman–Crippen LogP) is 4.13. The Morgan fingerprint density at radius 1 is 1.04 bits per heavy atom. The largest absolute Gasteiger partial charge is 0.497 e. The molecule has 0 unspecified atom stereocenters. The number of carbonyl (C=O) groups is 2. The molecule has 0 saturated carbocycles. The predicted molar refractivity (Wildman–Crippen MR) is 105 cm³/mol. The molecule has 0 aliphatic carbocycles. The van der Waals surface area contributed by atoms with Crippen LogP contribution in [0.2, 0.25) is 5.02 Å². The molecule has 0 atom stereocenters.